The standard InChI is InChI=1S/C23H20NO7P.C5H14NO/c1-29-15-11-12-18(21(13-15)30-2)23(25)17-8-4-6-10-20(17)24-14-22(31-32(26,27)28)16-7-3-5-9-19(16)24;1-6(2,3)4-5-7/h3-14H,1-2H3,(H2,26,27,28);7H,4-5H2,1-3H3/q;+1. The molecule has 10 nitrogen and oxygen atoms in total. The van der Waals surface area contributed by atoms with E-state index in [1.165, 1.54) is 20.4 Å². The molecule has 0 saturated heterocycles. The third-order valence-electron chi connectivity index (χ3n) is 5.73. The predicted octanol–water partition coefficient (Wildman–Crippen LogP) is 4.04. The lowest BCUT2D eigenvalue weighted by Gasteiger charge is -2.21. The van der Waals surface area contributed by atoms with Gasteiger partial charge in [-0.3, -0.25) is 14.6 Å². The number of likely N-dealkylation sites (N-methyl/N-ethyl adjacent to an activating group) is 1. The van der Waals surface area contributed by atoms with Gasteiger partial charge in [-0.15, -0.1) is 0 Å². The van der Waals surface area contributed by atoms with Gasteiger partial charge < -0.3 is 28.2 Å². The maximum absolute atomic E-state index is 13.5. The molecular formula is C28H34N2O8P+. The number of fused-ring (bicyclic) bond motifs is 1. The number of ketones is 1. The van der Waals surface area contributed by atoms with Gasteiger partial charge in [0.25, 0.3) is 0 Å². The fraction of sp³-hybridized carbons (Fsp3) is 0.250. The number of ether oxygens (including phenoxy) is 2. The van der Waals surface area contributed by atoms with E-state index in [0.717, 1.165) is 11.0 Å². The Balaban J connectivity index is 0.000000532. The summed E-state index contributed by atoms with van der Waals surface area (Å²) >= 11 is 0. The molecule has 11 heteroatoms. The molecule has 0 saturated carbocycles. The molecule has 0 amide bonds. The van der Waals surface area contributed by atoms with E-state index in [0.29, 0.717) is 39.2 Å². The first kappa shape index (κ1) is 29.9. The number of methoxy groups -OCH3 is 2. The Morgan fingerprint density at radius 2 is 1.56 bits per heavy atom. The van der Waals surface area contributed by atoms with Gasteiger partial charge in [-0.25, -0.2) is 4.57 Å². The van der Waals surface area contributed by atoms with Crippen LogP contribution < -0.4 is 14.0 Å². The molecule has 4 rings (SSSR count). The predicted molar refractivity (Wildman–Crippen MR) is 149 cm³/mol. The first-order valence-corrected chi connectivity index (χ1v) is 13.5. The molecule has 3 aromatic carbocycles. The highest BCUT2D eigenvalue weighted by Gasteiger charge is 2.23. The highest BCUT2D eigenvalue weighted by Crippen LogP contribution is 2.42. The fourth-order valence-corrected chi connectivity index (χ4v) is 4.26. The number of quaternary nitrogens is 1. The molecule has 0 bridgehead atoms. The smallest absolute Gasteiger partial charge is 0.497 e. The summed E-state index contributed by atoms with van der Waals surface area (Å²) < 4.78 is 29.5. The van der Waals surface area contributed by atoms with Gasteiger partial charge in [0.1, 0.15) is 18.0 Å². The highest BCUT2D eigenvalue weighted by atomic mass is 31.2. The van der Waals surface area contributed by atoms with Crippen molar-refractivity contribution in [2.45, 2.75) is 0 Å². The Morgan fingerprint density at radius 1 is 0.897 bits per heavy atom. The van der Waals surface area contributed by atoms with Crippen LogP contribution in [0.15, 0.2) is 72.9 Å². The molecule has 0 atom stereocenters. The van der Waals surface area contributed by atoms with Crippen molar-refractivity contribution < 1.29 is 42.7 Å². The van der Waals surface area contributed by atoms with E-state index in [1.807, 2.05) is 0 Å². The molecule has 3 N–H and O–H groups in total. The van der Waals surface area contributed by atoms with Gasteiger partial charge in [-0.05, 0) is 36.4 Å². The minimum absolute atomic E-state index is 0.0122. The lowest BCUT2D eigenvalue weighted by molar-refractivity contribution is -0.870. The van der Waals surface area contributed by atoms with Crippen molar-refractivity contribution in [3.8, 4) is 22.9 Å². The number of carbonyl (C=O) groups is 1. The van der Waals surface area contributed by atoms with Crippen LogP contribution in [0.25, 0.3) is 16.6 Å². The average Bonchev–Trinajstić information content (AvgIpc) is 3.24. The van der Waals surface area contributed by atoms with Crippen molar-refractivity contribution in [2.24, 2.45) is 0 Å². The first-order chi connectivity index (χ1) is 18.4. The largest absolute Gasteiger partial charge is 0.524 e. The quantitative estimate of drug-likeness (QED) is 0.160. The Hall–Kier alpha value is -3.66. The molecule has 0 aliphatic rings. The molecule has 0 spiro atoms. The van der Waals surface area contributed by atoms with Crippen molar-refractivity contribution in [1.82, 2.24) is 4.57 Å². The maximum atomic E-state index is 13.5. The molecule has 0 radical (unpaired) electrons. The summed E-state index contributed by atoms with van der Waals surface area (Å²) in [4.78, 5) is 32.1. The highest BCUT2D eigenvalue weighted by molar-refractivity contribution is 7.46. The maximum Gasteiger partial charge on any atom is 0.524 e. The van der Waals surface area contributed by atoms with Crippen LogP contribution >= 0.6 is 7.82 Å². The summed E-state index contributed by atoms with van der Waals surface area (Å²) in [6, 6.07) is 18.9. The summed E-state index contributed by atoms with van der Waals surface area (Å²) in [5.41, 5.74) is 1.87. The number of phosphoric acid groups is 1. The van der Waals surface area contributed by atoms with Gasteiger partial charge in [0.2, 0.25) is 0 Å². The van der Waals surface area contributed by atoms with Crippen molar-refractivity contribution in [1.29, 1.82) is 0 Å². The van der Waals surface area contributed by atoms with Crippen molar-refractivity contribution in [3.63, 3.8) is 0 Å². The fourth-order valence-electron chi connectivity index (χ4n) is 3.86. The van der Waals surface area contributed by atoms with Crippen LogP contribution in [-0.2, 0) is 4.57 Å². The SMILES string of the molecule is COc1ccc(C(=O)c2ccccc2-n2cc(OP(=O)(O)O)c3ccccc32)c(OC)c1.C[N+](C)(C)CCO. The molecule has 208 valence electrons. The van der Waals surface area contributed by atoms with Crippen molar-refractivity contribution in [2.75, 3.05) is 48.5 Å². The number of aliphatic hydroxyl groups is 1. The summed E-state index contributed by atoms with van der Waals surface area (Å²) in [6.07, 6.45) is 1.46. The van der Waals surface area contributed by atoms with E-state index in [-0.39, 0.29) is 18.1 Å². The number of benzene rings is 3. The van der Waals surface area contributed by atoms with Crippen LogP contribution in [0, 0.1) is 0 Å². The Kier molecular flexibility index (Phi) is 9.55. The van der Waals surface area contributed by atoms with Crippen LogP contribution in [-0.4, -0.2) is 78.2 Å². The second-order valence-electron chi connectivity index (χ2n) is 9.61. The van der Waals surface area contributed by atoms with E-state index < -0.39 is 7.82 Å². The average molecular weight is 558 g/mol. The summed E-state index contributed by atoms with van der Waals surface area (Å²) in [6.45, 7) is 1.11. The molecule has 0 aliphatic carbocycles. The number of hydrogen-bond donors (Lipinski definition) is 3. The van der Waals surface area contributed by atoms with Gasteiger partial charge in [-0.2, -0.15) is 0 Å². The minimum atomic E-state index is -4.78. The lowest BCUT2D eigenvalue weighted by Crippen LogP contribution is -2.36. The number of hydrogen-bond acceptors (Lipinski definition) is 6. The van der Waals surface area contributed by atoms with Gasteiger partial charge in [0, 0.05) is 17.0 Å². The van der Waals surface area contributed by atoms with Gasteiger partial charge in [-0.1, -0.05) is 24.3 Å². The lowest BCUT2D eigenvalue weighted by atomic mass is 10.0. The van der Waals surface area contributed by atoms with Crippen LogP contribution in [0.3, 0.4) is 0 Å². The third-order valence-corrected chi connectivity index (χ3v) is 6.16. The number of para-hydroxylation sites is 2. The second kappa shape index (κ2) is 12.5. The molecule has 0 fully saturated rings. The molecule has 4 aromatic rings. The summed E-state index contributed by atoms with van der Waals surface area (Å²) in [7, 11) is 4.38. The molecule has 1 aromatic heterocycles. The minimum Gasteiger partial charge on any atom is -0.497 e. The summed E-state index contributed by atoms with van der Waals surface area (Å²) in [5, 5.41) is 8.89. The van der Waals surface area contributed by atoms with Gasteiger partial charge in [0.15, 0.2) is 11.5 Å². The van der Waals surface area contributed by atoms with Crippen molar-refractivity contribution >= 4 is 24.5 Å². The first-order valence-electron chi connectivity index (χ1n) is 12.0. The Bertz CT molecular complexity index is 1490. The van der Waals surface area contributed by atoms with Gasteiger partial charge in [0.05, 0.1) is 64.9 Å². The summed E-state index contributed by atoms with van der Waals surface area (Å²) in [5.74, 6) is 0.655. The van der Waals surface area contributed by atoms with Crippen LogP contribution in [0.2, 0.25) is 0 Å². The van der Waals surface area contributed by atoms with E-state index in [1.54, 1.807) is 71.3 Å². The van der Waals surface area contributed by atoms with Gasteiger partial charge >= 0.3 is 7.82 Å². The molecular weight excluding hydrogens is 523 g/mol. The number of nitrogens with zero attached hydrogens (tertiary/aromatic N) is 2. The zero-order chi connectivity index (χ0) is 28.8. The molecule has 1 heterocycles. The molecule has 0 unspecified atom stereocenters. The van der Waals surface area contributed by atoms with Crippen LogP contribution in [0.5, 0.6) is 17.2 Å². The number of carbonyl (C=O) groups excluding carboxylic acids is 1. The number of aromatic nitrogens is 1. The number of rotatable bonds is 9. The number of phosphoric ester groups is 1. The van der Waals surface area contributed by atoms with Crippen molar-refractivity contribution in [3.05, 3.63) is 84.1 Å². The normalized spacial score (nSPS) is 11.5. The Labute approximate surface area is 227 Å². The monoisotopic (exact) mass is 557 g/mol. The topological polar surface area (TPSA) is 127 Å². The van der Waals surface area contributed by atoms with E-state index in [4.69, 9.17) is 19.1 Å². The zero-order valence-electron chi connectivity index (χ0n) is 22.6. The molecule has 0 aliphatic heterocycles. The second-order valence-corrected chi connectivity index (χ2v) is 10.8. The molecule has 39 heavy (non-hydrogen) atoms. The van der Waals surface area contributed by atoms with E-state index in [9.17, 15) is 19.1 Å². The van der Waals surface area contributed by atoms with E-state index in [2.05, 4.69) is 21.1 Å². The zero-order valence-corrected chi connectivity index (χ0v) is 23.5. The third kappa shape index (κ3) is 7.69. The van der Waals surface area contributed by atoms with Crippen LogP contribution in [0.4, 0.5) is 0 Å². The Morgan fingerprint density at radius 3 is 2.15 bits per heavy atom. The van der Waals surface area contributed by atoms with E-state index >= 15 is 0 Å². The van der Waals surface area contributed by atoms with Crippen LogP contribution in [0.1, 0.15) is 15.9 Å². The number of aliphatic hydroxyl groups excluding tert-OH is 1.